The Kier molecular flexibility index (Phi) is 5.78. The van der Waals surface area contributed by atoms with Crippen LogP contribution in [0.1, 0.15) is 23.7 Å². The van der Waals surface area contributed by atoms with Gasteiger partial charge in [-0.2, -0.15) is 0 Å². The van der Waals surface area contributed by atoms with Gasteiger partial charge in [-0.3, -0.25) is 10.1 Å². The molecule has 4 N–H and O–H groups in total. The summed E-state index contributed by atoms with van der Waals surface area (Å²) in [7, 11) is 0. The van der Waals surface area contributed by atoms with E-state index in [0.717, 1.165) is 12.1 Å². The van der Waals surface area contributed by atoms with Crippen LogP contribution < -0.4 is 21.3 Å². The van der Waals surface area contributed by atoms with Gasteiger partial charge in [-0.25, -0.2) is 18.4 Å². The molecule has 1 aromatic heterocycles. The molecule has 1 atom stereocenters. The van der Waals surface area contributed by atoms with Crippen LogP contribution in [-0.4, -0.2) is 23.1 Å². The number of aromatic nitrogens is 1. The SMILES string of the molecule is CC1(c2cccc(CNC(=O)NCc3cc(-c4ccc(F)cc4F)on3)c2)NC(=O)NC1=O. The number of nitrogens with one attached hydrogen (secondary N) is 4. The molecule has 0 radical (unpaired) electrons. The van der Waals surface area contributed by atoms with Crippen molar-refractivity contribution in [3.05, 3.63) is 77.0 Å². The van der Waals surface area contributed by atoms with Crippen molar-refractivity contribution in [1.82, 2.24) is 26.4 Å². The lowest BCUT2D eigenvalue weighted by atomic mass is 9.91. The van der Waals surface area contributed by atoms with Gasteiger partial charge >= 0.3 is 12.1 Å². The van der Waals surface area contributed by atoms with Crippen molar-refractivity contribution in [2.24, 2.45) is 0 Å². The Morgan fingerprint density at radius 1 is 1.09 bits per heavy atom. The van der Waals surface area contributed by atoms with Crippen LogP contribution in [0.25, 0.3) is 11.3 Å². The second-order valence-corrected chi connectivity index (χ2v) is 7.58. The molecular weight excluding hydrogens is 436 g/mol. The molecule has 4 rings (SSSR count). The smallest absolute Gasteiger partial charge is 0.322 e. The van der Waals surface area contributed by atoms with E-state index >= 15 is 0 Å². The molecule has 1 aliphatic rings. The summed E-state index contributed by atoms with van der Waals surface area (Å²) in [6.45, 7) is 1.77. The second-order valence-electron chi connectivity index (χ2n) is 7.58. The van der Waals surface area contributed by atoms with Gasteiger partial charge in [0.1, 0.15) is 22.9 Å². The standard InChI is InChI=1S/C22H19F2N5O4/c1-22(19(30)27-21(32)28-22)13-4-2-3-12(7-13)10-25-20(31)26-11-15-9-18(33-29-15)16-6-5-14(23)8-17(16)24/h2-9H,10-11H2,1H3,(H2,25,26,31)(H2,27,28,30,32). The van der Waals surface area contributed by atoms with Crippen molar-refractivity contribution in [2.75, 3.05) is 0 Å². The monoisotopic (exact) mass is 455 g/mol. The minimum atomic E-state index is -1.19. The zero-order valence-electron chi connectivity index (χ0n) is 17.4. The van der Waals surface area contributed by atoms with Crippen molar-refractivity contribution in [3.63, 3.8) is 0 Å². The average Bonchev–Trinajstić information content (AvgIpc) is 3.35. The van der Waals surface area contributed by atoms with Crippen molar-refractivity contribution in [2.45, 2.75) is 25.6 Å². The third kappa shape index (κ3) is 4.66. The summed E-state index contributed by atoms with van der Waals surface area (Å²) < 4.78 is 32.0. The summed E-state index contributed by atoms with van der Waals surface area (Å²) in [4.78, 5) is 35.7. The maximum atomic E-state index is 13.9. The van der Waals surface area contributed by atoms with Crippen molar-refractivity contribution >= 4 is 18.0 Å². The fourth-order valence-electron chi connectivity index (χ4n) is 3.37. The van der Waals surface area contributed by atoms with E-state index in [1.54, 1.807) is 31.2 Å². The number of nitrogens with zero attached hydrogens (tertiary/aromatic N) is 1. The molecule has 5 amide bonds. The third-order valence-corrected chi connectivity index (χ3v) is 5.19. The molecule has 0 aliphatic carbocycles. The van der Waals surface area contributed by atoms with Crippen LogP contribution in [0.5, 0.6) is 0 Å². The fraction of sp³-hybridized carbons (Fsp3) is 0.182. The number of hydrogen-bond acceptors (Lipinski definition) is 5. The zero-order chi connectivity index (χ0) is 23.6. The van der Waals surface area contributed by atoms with Gasteiger partial charge < -0.3 is 20.5 Å². The van der Waals surface area contributed by atoms with E-state index in [2.05, 4.69) is 26.4 Å². The Labute approximate surface area is 186 Å². The van der Waals surface area contributed by atoms with E-state index in [9.17, 15) is 23.2 Å². The third-order valence-electron chi connectivity index (χ3n) is 5.19. The lowest BCUT2D eigenvalue weighted by molar-refractivity contribution is -0.123. The van der Waals surface area contributed by atoms with Crippen LogP contribution in [0.2, 0.25) is 0 Å². The van der Waals surface area contributed by atoms with Crippen molar-refractivity contribution in [1.29, 1.82) is 0 Å². The first kappa shape index (κ1) is 21.9. The number of halogens is 2. The second kappa shape index (κ2) is 8.69. The van der Waals surface area contributed by atoms with Gasteiger partial charge in [0.2, 0.25) is 0 Å². The van der Waals surface area contributed by atoms with Crippen LogP contribution in [0, 0.1) is 11.6 Å². The predicted molar refractivity (Wildman–Crippen MR) is 111 cm³/mol. The lowest BCUT2D eigenvalue weighted by Gasteiger charge is -2.21. The highest BCUT2D eigenvalue weighted by Crippen LogP contribution is 2.25. The first-order chi connectivity index (χ1) is 15.7. The van der Waals surface area contributed by atoms with E-state index in [1.807, 2.05) is 0 Å². The van der Waals surface area contributed by atoms with Crippen LogP contribution >= 0.6 is 0 Å². The van der Waals surface area contributed by atoms with E-state index in [0.29, 0.717) is 16.8 Å². The molecule has 3 aromatic rings. The first-order valence-electron chi connectivity index (χ1n) is 9.90. The van der Waals surface area contributed by atoms with Crippen LogP contribution in [0.15, 0.2) is 53.1 Å². The molecule has 1 saturated heterocycles. The Balaban J connectivity index is 1.32. The first-order valence-corrected chi connectivity index (χ1v) is 9.90. The topological polar surface area (TPSA) is 125 Å². The van der Waals surface area contributed by atoms with E-state index in [4.69, 9.17) is 4.52 Å². The predicted octanol–water partition coefficient (Wildman–Crippen LogP) is 2.67. The highest BCUT2D eigenvalue weighted by molar-refractivity contribution is 6.07. The Morgan fingerprint density at radius 2 is 1.88 bits per heavy atom. The van der Waals surface area contributed by atoms with E-state index in [-0.39, 0.29) is 24.4 Å². The molecule has 170 valence electrons. The van der Waals surface area contributed by atoms with Gasteiger partial charge in [-0.05, 0) is 30.2 Å². The number of imide groups is 1. The van der Waals surface area contributed by atoms with Gasteiger partial charge in [0.05, 0.1) is 12.1 Å². The maximum absolute atomic E-state index is 13.9. The minimum absolute atomic E-state index is 0.0163. The normalized spacial score (nSPS) is 17.4. The molecule has 2 heterocycles. The molecule has 2 aromatic carbocycles. The number of carbonyl (C=O) groups is 3. The van der Waals surface area contributed by atoms with Crippen LogP contribution in [0.3, 0.4) is 0 Å². The maximum Gasteiger partial charge on any atom is 0.322 e. The molecule has 9 nitrogen and oxygen atoms in total. The lowest BCUT2D eigenvalue weighted by Crippen LogP contribution is -2.40. The Hall–Kier alpha value is -4.28. The largest absolute Gasteiger partial charge is 0.356 e. The zero-order valence-corrected chi connectivity index (χ0v) is 17.4. The number of amides is 5. The molecule has 33 heavy (non-hydrogen) atoms. The summed E-state index contributed by atoms with van der Waals surface area (Å²) >= 11 is 0. The van der Waals surface area contributed by atoms with Crippen molar-refractivity contribution in [3.8, 4) is 11.3 Å². The number of carbonyl (C=O) groups excluding carboxylic acids is 3. The molecule has 1 unspecified atom stereocenters. The number of hydrogen-bond donors (Lipinski definition) is 4. The van der Waals surface area contributed by atoms with Gasteiger partial charge in [0, 0.05) is 18.7 Å². The highest BCUT2D eigenvalue weighted by Gasteiger charge is 2.43. The van der Waals surface area contributed by atoms with E-state index < -0.39 is 35.1 Å². The summed E-state index contributed by atoms with van der Waals surface area (Å²) in [5.74, 6) is -1.83. The quantitative estimate of drug-likeness (QED) is 0.426. The molecule has 0 spiro atoms. The fourth-order valence-corrected chi connectivity index (χ4v) is 3.37. The van der Waals surface area contributed by atoms with Gasteiger partial charge in [0.25, 0.3) is 5.91 Å². The highest BCUT2D eigenvalue weighted by atomic mass is 19.1. The summed E-state index contributed by atoms with van der Waals surface area (Å²) in [6, 6.07) is 10.4. The van der Waals surface area contributed by atoms with E-state index in [1.165, 1.54) is 12.1 Å². The summed E-state index contributed by atoms with van der Waals surface area (Å²) in [5, 5.41) is 13.8. The molecule has 1 aliphatic heterocycles. The van der Waals surface area contributed by atoms with Gasteiger partial charge in [0.15, 0.2) is 5.76 Å². The number of urea groups is 2. The number of benzene rings is 2. The summed E-state index contributed by atoms with van der Waals surface area (Å²) in [6.07, 6.45) is 0. The van der Waals surface area contributed by atoms with Crippen LogP contribution in [-0.2, 0) is 23.4 Å². The summed E-state index contributed by atoms with van der Waals surface area (Å²) in [5.41, 5.74) is 0.508. The average molecular weight is 455 g/mol. The van der Waals surface area contributed by atoms with Crippen LogP contribution in [0.4, 0.5) is 18.4 Å². The van der Waals surface area contributed by atoms with Gasteiger partial charge in [-0.1, -0.05) is 29.4 Å². The molecule has 1 fully saturated rings. The molecular formula is C22H19F2N5O4. The molecule has 0 bridgehead atoms. The van der Waals surface area contributed by atoms with Gasteiger partial charge in [-0.15, -0.1) is 0 Å². The van der Waals surface area contributed by atoms with Crippen molar-refractivity contribution < 1.29 is 27.7 Å². The molecule has 0 saturated carbocycles. The Bertz CT molecular complexity index is 1250. The Morgan fingerprint density at radius 3 is 2.61 bits per heavy atom. The minimum Gasteiger partial charge on any atom is -0.356 e. The number of rotatable bonds is 6. The molecule has 11 heteroatoms.